The summed E-state index contributed by atoms with van der Waals surface area (Å²) in [6, 6.07) is 0.491. The lowest BCUT2D eigenvalue weighted by Gasteiger charge is -2.17. The van der Waals surface area contributed by atoms with E-state index in [4.69, 9.17) is 4.74 Å². The third-order valence-electron chi connectivity index (χ3n) is 2.06. The maximum Gasteiger partial charge on any atom is 0.220 e. The van der Waals surface area contributed by atoms with Crippen LogP contribution in [0.3, 0.4) is 0 Å². The van der Waals surface area contributed by atoms with Gasteiger partial charge in [0, 0.05) is 25.6 Å². The predicted molar refractivity (Wildman–Crippen MR) is 71.0 cm³/mol. The van der Waals surface area contributed by atoms with Gasteiger partial charge in [-0.05, 0) is 5.41 Å². The number of hydrogen-bond acceptors (Lipinski definition) is 3. The molecule has 4 nitrogen and oxygen atoms in total. The Morgan fingerprint density at radius 3 is 2.29 bits per heavy atom. The molecule has 0 rings (SSSR count). The predicted octanol–water partition coefficient (Wildman–Crippen LogP) is 1.55. The van der Waals surface area contributed by atoms with Crippen LogP contribution in [0.1, 0.15) is 41.0 Å². The van der Waals surface area contributed by atoms with E-state index in [1.807, 2.05) is 0 Å². The smallest absolute Gasteiger partial charge is 0.220 e. The first kappa shape index (κ1) is 16.4. The maximum atomic E-state index is 11.5. The number of hydrogen-bond donors (Lipinski definition) is 2. The Morgan fingerprint density at radius 2 is 1.76 bits per heavy atom. The molecule has 4 heteroatoms. The van der Waals surface area contributed by atoms with Crippen molar-refractivity contribution < 1.29 is 9.53 Å². The van der Waals surface area contributed by atoms with Gasteiger partial charge in [-0.25, -0.2) is 0 Å². The lowest BCUT2D eigenvalue weighted by Crippen LogP contribution is -2.31. The minimum absolute atomic E-state index is 0.0477. The van der Waals surface area contributed by atoms with E-state index in [0.717, 1.165) is 6.54 Å². The van der Waals surface area contributed by atoms with Crippen LogP contribution in [0.25, 0.3) is 0 Å². The monoisotopic (exact) mass is 244 g/mol. The summed E-state index contributed by atoms with van der Waals surface area (Å²) < 4.78 is 5.39. The number of rotatable bonds is 8. The quantitative estimate of drug-likeness (QED) is 0.637. The molecule has 0 atom stereocenters. The highest BCUT2D eigenvalue weighted by Crippen LogP contribution is 2.17. The van der Waals surface area contributed by atoms with E-state index < -0.39 is 0 Å². The molecule has 0 heterocycles. The third kappa shape index (κ3) is 13.3. The van der Waals surface area contributed by atoms with E-state index in [-0.39, 0.29) is 11.3 Å². The number of nitrogens with one attached hydrogen (secondary N) is 2. The standard InChI is InChI=1S/C13H28N2O2/c1-11(2)14-6-8-17-9-7-15-12(16)10-13(3,4)5/h11,14H,6-10H2,1-5H3,(H,15,16). The van der Waals surface area contributed by atoms with Crippen molar-refractivity contribution in [2.75, 3.05) is 26.3 Å². The molecule has 0 aromatic rings. The first-order chi connectivity index (χ1) is 7.81. The lowest BCUT2D eigenvalue weighted by molar-refractivity contribution is -0.123. The summed E-state index contributed by atoms with van der Waals surface area (Å²) in [4.78, 5) is 11.5. The molecule has 0 bridgehead atoms. The van der Waals surface area contributed by atoms with Gasteiger partial charge in [-0.1, -0.05) is 34.6 Å². The van der Waals surface area contributed by atoms with Crippen LogP contribution in [-0.4, -0.2) is 38.3 Å². The molecule has 0 fully saturated rings. The fourth-order valence-electron chi connectivity index (χ4n) is 1.33. The summed E-state index contributed by atoms with van der Waals surface area (Å²) in [5, 5.41) is 6.12. The molecule has 0 aliphatic carbocycles. The zero-order chi connectivity index (χ0) is 13.3. The van der Waals surface area contributed by atoms with E-state index in [1.165, 1.54) is 0 Å². The molecule has 0 saturated heterocycles. The average molecular weight is 244 g/mol. The lowest BCUT2D eigenvalue weighted by atomic mass is 9.92. The first-order valence-corrected chi connectivity index (χ1v) is 6.39. The Morgan fingerprint density at radius 1 is 1.18 bits per heavy atom. The van der Waals surface area contributed by atoms with Gasteiger partial charge >= 0.3 is 0 Å². The Bertz CT molecular complexity index is 210. The van der Waals surface area contributed by atoms with E-state index in [9.17, 15) is 4.79 Å². The minimum atomic E-state index is 0.0477. The van der Waals surface area contributed by atoms with Crippen molar-refractivity contribution >= 4 is 5.91 Å². The van der Waals surface area contributed by atoms with E-state index in [0.29, 0.717) is 32.2 Å². The fourth-order valence-corrected chi connectivity index (χ4v) is 1.33. The number of carbonyl (C=O) groups is 1. The van der Waals surface area contributed by atoms with Crippen molar-refractivity contribution in [2.24, 2.45) is 5.41 Å². The summed E-state index contributed by atoms with van der Waals surface area (Å²) >= 11 is 0. The highest BCUT2D eigenvalue weighted by atomic mass is 16.5. The fraction of sp³-hybridized carbons (Fsp3) is 0.923. The molecule has 0 saturated carbocycles. The second-order valence-corrected chi connectivity index (χ2v) is 5.81. The molecule has 0 aromatic carbocycles. The zero-order valence-electron chi connectivity index (χ0n) is 11.9. The second kappa shape index (κ2) is 8.48. The molecule has 0 radical (unpaired) electrons. The Balaban J connectivity index is 3.31. The average Bonchev–Trinajstić information content (AvgIpc) is 2.12. The molecule has 102 valence electrons. The van der Waals surface area contributed by atoms with Crippen LogP contribution < -0.4 is 10.6 Å². The Hall–Kier alpha value is -0.610. The van der Waals surface area contributed by atoms with Gasteiger partial charge in [-0.3, -0.25) is 4.79 Å². The van der Waals surface area contributed by atoms with Crippen LogP contribution in [0, 0.1) is 5.41 Å². The van der Waals surface area contributed by atoms with Crippen LogP contribution in [0.5, 0.6) is 0 Å². The van der Waals surface area contributed by atoms with Gasteiger partial charge in [0.15, 0.2) is 0 Å². The second-order valence-electron chi connectivity index (χ2n) is 5.81. The van der Waals surface area contributed by atoms with E-state index >= 15 is 0 Å². The summed E-state index contributed by atoms with van der Waals surface area (Å²) in [6.07, 6.45) is 0.557. The number of amides is 1. The Labute approximate surface area is 105 Å². The van der Waals surface area contributed by atoms with Crippen LogP contribution in [0.15, 0.2) is 0 Å². The molecule has 1 amide bonds. The van der Waals surface area contributed by atoms with Gasteiger partial charge in [0.05, 0.1) is 13.2 Å². The van der Waals surface area contributed by atoms with Crippen LogP contribution in [0.2, 0.25) is 0 Å². The topological polar surface area (TPSA) is 50.4 Å². The molecule has 17 heavy (non-hydrogen) atoms. The maximum absolute atomic E-state index is 11.5. The van der Waals surface area contributed by atoms with Crippen molar-refractivity contribution in [3.8, 4) is 0 Å². The van der Waals surface area contributed by atoms with Crippen molar-refractivity contribution in [3.63, 3.8) is 0 Å². The van der Waals surface area contributed by atoms with Gasteiger partial charge < -0.3 is 15.4 Å². The molecule has 0 aromatic heterocycles. The molecule has 0 aliphatic heterocycles. The normalized spacial score (nSPS) is 11.9. The highest BCUT2D eigenvalue weighted by Gasteiger charge is 2.15. The van der Waals surface area contributed by atoms with Crippen LogP contribution in [-0.2, 0) is 9.53 Å². The van der Waals surface area contributed by atoms with Crippen LogP contribution >= 0.6 is 0 Å². The zero-order valence-corrected chi connectivity index (χ0v) is 11.9. The summed E-state index contributed by atoms with van der Waals surface area (Å²) in [5.74, 6) is 0.0985. The molecule has 0 unspecified atom stereocenters. The summed E-state index contributed by atoms with van der Waals surface area (Å²) in [7, 11) is 0. The minimum Gasteiger partial charge on any atom is -0.378 e. The van der Waals surface area contributed by atoms with Crippen molar-refractivity contribution in [3.05, 3.63) is 0 Å². The van der Waals surface area contributed by atoms with Gasteiger partial charge in [0.25, 0.3) is 0 Å². The van der Waals surface area contributed by atoms with Crippen molar-refractivity contribution in [2.45, 2.75) is 47.1 Å². The van der Waals surface area contributed by atoms with Gasteiger partial charge in [-0.2, -0.15) is 0 Å². The first-order valence-electron chi connectivity index (χ1n) is 6.39. The molecule has 0 spiro atoms. The van der Waals surface area contributed by atoms with Gasteiger partial charge in [0.1, 0.15) is 0 Å². The van der Waals surface area contributed by atoms with Crippen molar-refractivity contribution in [1.29, 1.82) is 0 Å². The molecular weight excluding hydrogens is 216 g/mol. The Kier molecular flexibility index (Phi) is 8.17. The summed E-state index contributed by atoms with van der Waals surface area (Å²) in [6.45, 7) is 13.1. The number of ether oxygens (including phenoxy) is 1. The van der Waals surface area contributed by atoms with Crippen molar-refractivity contribution in [1.82, 2.24) is 10.6 Å². The third-order valence-corrected chi connectivity index (χ3v) is 2.06. The number of carbonyl (C=O) groups excluding carboxylic acids is 1. The van der Waals surface area contributed by atoms with Gasteiger partial charge in [-0.15, -0.1) is 0 Å². The van der Waals surface area contributed by atoms with Gasteiger partial charge in [0.2, 0.25) is 5.91 Å². The molecular formula is C13H28N2O2. The molecule has 0 aliphatic rings. The highest BCUT2D eigenvalue weighted by molar-refractivity contribution is 5.76. The SMILES string of the molecule is CC(C)NCCOCCNC(=O)CC(C)(C)C. The van der Waals surface area contributed by atoms with E-state index in [2.05, 4.69) is 45.3 Å². The summed E-state index contributed by atoms with van der Waals surface area (Å²) in [5.41, 5.74) is 0.0477. The van der Waals surface area contributed by atoms with Crippen LogP contribution in [0.4, 0.5) is 0 Å². The molecule has 2 N–H and O–H groups in total. The van der Waals surface area contributed by atoms with E-state index in [1.54, 1.807) is 0 Å². The largest absolute Gasteiger partial charge is 0.378 e.